The lowest BCUT2D eigenvalue weighted by Crippen LogP contribution is -2.19. The molecule has 0 saturated carbocycles. The Balaban J connectivity index is 3.39. The number of hydrogen-bond donors (Lipinski definition) is 2. The Hall–Kier alpha value is -1.21. The Morgan fingerprint density at radius 1 is 0.875 bits per heavy atom. The third kappa shape index (κ3) is 2.00. The van der Waals surface area contributed by atoms with Gasteiger partial charge in [-0.05, 0) is 6.42 Å². The summed E-state index contributed by atoms with van der Waals surface area (Å²) in [6.45, 7) is -0.527. The predicted molar refractivity (Wildman–Crippen MR) is 44.9 cm³/mol. The summed E-state index contributed by atoms with van der Waals surface area (Å²) in [7, 11) is 0. The molecule has 3 N–H and O–H groups in total. The topological polar surface area (TPSA) is 46.2 Å². The molecule has 0 radical (unpaired) electrons. The van der Waals surface area contributed by atoms with Gasteiger partial charge in [-0.2, -0.15) is 0 Å². The Labute approximate surface area is 87.5 Å². The Kier molecular flexibility index (Phi) is 3.82. The molecule has 0 aliphatic heterocycles. The number of aliphatic hydroxyl groups excluding tert-OH is 1. The van der Waals surface area contributed by atoms with E-state index in [1.807, 2.05) is 0 Å². The third-order valence-electron chi connectivity index (χ3n) is 2.05. The summed E-state index contributed by atoms with van der Waals surface area (Å²) in [4.78, 5) is 0. The molecule has 2 nitrogen and oxygen atoms in total. The van der Waals surface area contributed by atoms with Gasteiger partial charge in [-0.3, -0.25) is 0 Å². The van der Waals surface area contributed by atoms with Crippen LogP contribution in [0.4, 0.5) is 22.0 Å². The molecule has 0 aliphatic carbocycles. The van der Waals surface area contributed by atoms with E-state index in [1.54, 1.807) is 0 Å². The zero-order valence-electron chi connectivity index (χ0n) is 7.91. The van der Waals surface area contributed by atoms with Gasteiger partial charge in [-0.25, -0.2) is 22.0 Å². The third-order valence-corrected chi connectivity index (χ3v) is 2.05. The van der Waals surface area contributed by atoms with E-state index in [9.17, 15) is 22.0 Å². The van der Waals surface area contributed by atoms with Crippen LogP contribution in [0, 0.1) is 29.1 Å². The molecule has 0 aromatic heterocycles. The second kappa shape index (κ2) is 4.75. The zero-order valence-corrected chi connectivity index (χ0v) is 7.91. The SMILES string of the molecule is NC(CCO)c1c(F)c(F)c(F)c(F)c1F. The number of rotatable bonds is 3. The van der Waals surface area contributed by atoms with Crippen molar-refractivity contribution in [1.82, 2.24) is 0 Å². The molecule has 0 aliphatic rings. The lowest BCUT2D eigenvalue weighted by molar-refractivity contribution is 0.271. The molecule has 0 spiro atoms. The van der Waals surface area contributed by atoms with Crippen molar-refractivity contribution >= 4 is 0 Å². The first kappa shape index (κ1) is 12.9. The monoisotopic (exact) mass is 241 g/mol. The molecular weight excluding hydrogens is 233 g/mol. The van der Waals surface area contributed by atoms with Gasteiger partial charge in [0.05, 0.1) is 0 Å². The summed E-state index contributed by atoms with van der Waals surface area (Å²) in [5.41, 5.74) is 4.09. The van der Waals surface area contributed by atoms with Crippen LogP contribution in [0.1, 0.15) is 18.0 Å². The summed E-state index contributed by atoms with van der Waals surface area (Å²) < 4.78 is 64.3. The average molecular weight is 241 g/mol. The highest BCUT2D eigenvalue weighted by Gasteiger charge is 2.28. The standard InChI is InChI=1S/C9H8F5NO/c10-5-4(3(15)1-2-16)6(11)8(13)9(14)7(5)12/h3,16H,1-2,15H2. The van der Waals surface area contributed by atoms with E-state index in [4.69, 9.17) is 10.8 Å². The molecule has 1 unspecified atom stereocenters. The molecule has 16 heavy (non-hydrogen) atoms. The van der Waals surface area contributed by atoms with Crippen molar-refractivity contribution in [1.29, 1.82) is 0 Å². The van der Waals surface area contributed by atoms with Crippen LogP contribution in [0.2, 0.25) is 0 Å². The van der Waals surface area contributed by atoms with Crippen molar-refractivity contribution in [2.24, 2.45) is 5.73 Å². The van der Waals surface area contributed by atoms with Gasteiger partial charge >= 0.3 is 0 Å². The predicted octanol–water partition coefficient (Wildman–Crippen LogP) is 1.76. The Bertz CT molecular complexity index is 380. The van der Waals surface area contributed by atoms with Crippen LogP contribution in [0.3, 0.4) is 0 Å². The van der Waals surface area contributed by atoms with Gasteiger partial charge < -0.3 is 10.8 Å². The number of aliphatic hydroxyl groups is 1. The molecule has 0 saturated heterocycles. The van der Waals surface area contributed by atoms with E-state index in [0.717, 1.165) is 0 Å². The van der Waals surface area contributed by atoms with E-state index in [-0.39, 0.29) is 6.42 Å². The zero-order chi connectivity index (χ0) is 12.5. The fraction of sp³-hybridized carbons (Fsp3) is 0.333. The van der Waals surface area contributed by atoms with E-state index in [2.05, 4.69) is 0 Å². The van der Waals surface area contributed by atoms with Crippen molar-refractivity contribution in [3.63, 3.8) is 0 Å². The summed E-state index contributed by atoms with van der Waals surface area (Å²) in [6.07, 6.45) is -0.307. The van der Waals surface area contributed by atoms with Gasteiger partial charge in [-0.1, -0.05) is 0 Å². The van der Waals surface area contributed by atoms with Crippen LogP contribution in [-0.4, -0.2) is 11.7 Å². The largest absolute Gasteiger partial charge is 0.396 e. The van der Waals surface area contributed by atoms with Gasteiger partial charge in [0, 0.05) is 18.2 Å². The highest BCUT2D eigenvalue weighted by molar-refractivity contribution is 5.26. The van der Waals surface area contributed by atoms with E-state index >= 15 is 0 Å². The number of nitrogens with two attached hydrogens (primary N) is 1. The Morgan fingerprint density at radius 3 is 1.62 bits per heavy atom. The van der Waals surface area contributed by atoms with Gasteiger partial charge in [0.25, 0.3) is 0 Å². The number of benzene rings is 1. The maximum atomic E-state index is 13.1. The number of hydrogen-bond acceptors (Lipinski definition) is 2. The van der Waals surface area contributed by atoms with Crippen molar-refractivity contribution in [3.8, 4) is 0 Å². The van der Waals surface area contributed by atoms with Crippen LogP contribution in [-0.2, 0) is 0 Å². The van der Waals surface area contributed by atoms with Crippen molar-refractivity contribution in [2.45, 2.75) is 12.5 Å². The molecule has 0 amide bonds. The normalized spacial score (nSPS) is 12.9. The first-order chi connectivity index (χ1) is 7.41. The van der Waals surface area contributed by atoms with Gasteiger partial charge in [-0.15, -0.1) is 0 Å². The molecular formula is C9H8F5NO. The van der Waals surface area contributed by atoms with Crippen molar-refractivity contribution < 1.29 is 27.1 Å². The molecule has 90 valence electrons. The first-order valence-electron chi connectivity index (χ1n) is 4.29. The van der Waals surface area contributed by atoms with Crippen LogP contribution in [0.25, 0.3) is 0 Å². The lowest BCUT2D eigenvalue weighted by Gasteiger charge is -2.13. The molecule has 0 heterocycles. The van der Waals surface area contributed by atoms with Crippen LogP contribution >= 0.6 is 0 Å². The quantitative estimate of drug-likeness (QED) is 0.481. The molecule has 7 heteroatoms. The van der Waals surface area contributed by atoms with Crippen LogP contribution in [0.15, 0.2) is 0 Å². The van der Waals surface area contributed by atoms with E-state index < -0.39 is 47.3 Å². The molecule has 1 aromatic rings. The average Bonchev–Trinajstić information content (AvgIpc) is 2.24. The molecule has 1 rings (SSSR count). The van der Waals surface area contributed by atoms with Crippen LogP contribution < -0.4 is 5.73 Å². The minimum atomic E-state index is -2.23. The summed E-state index contributed by atoms with van der Waals surface area (Å²) in [5, 5.41) is 8.49. The fourth-order valence-electron chi connectivity index (χ4n) is 1.23. The first-order valence-corrected chi connectivity index (χ1v) is 4.29. The minimum Gasteiger partial charge on any atom is -0.396 e. The van der Waals surface area contributed by atoms with Gasteiger partial charge in [0.2, 0.25) is 5.82 Å². The van der Waals surface area contributed by atoms with Crippen molar-refractivity contribution in [2.75, 3.05) is 6.61 Å². The van der Waals surface area contributed by atoms with E-state index in [1.165, 1.54) is 0 Å². The minimum absolute atomic E-state index is 0.307. The maximum absolute atomic E-state index is 13.1. The second-order valence-electron chi connectivity index (χ2n) is 3.10. The van der Waals surface area contributed by atoms with Crippen LogP contribution in [0.5, 0.6) is 0 Å². The lowest BCUT2D eigenvalue weighted by atomic mass is 10.0. The fourth-order valence-corrected chi connectivity index (χ4v) is 1.23. The van der Waals surface area contributed by atoms with Gasteiger partial charge in [0.15, 0.2) is 23.3 Å². The summed E-state index contributed by atoms with van der Waals surface area (Å²) >= 11 is 0. The highest BCUT2D eigenvalue weighted by atomic mass is 19.2. The molecule has 0 fully saturated rings. The smallest absolute Gasteiger partial charge is 0.200 e. The number of halogens is 5. The maximum Gasteiger partial charge on any atom is 0.200 e. The molecule has 0 bridgehead atoms. The summed E-state index contributed by atoms with van der Waals surface area (Å²) in [6, 6.07) is -1.45. The van der Waals surface area contributed by atoms with Crippen molar-refractivity contribution in [3.05, 3.63) is 34.6 Å². The molecule has 1 atom stereocenters. The highest BCUT2D eigenvalue weighted by Crippen LogP contribution is 2.27. The van der Waals surface area contributed by atoms with Gasteiger partial charge in [0.1, 0.15) is 0 Å². The van der Waals surface area contributed by atoms with E-state index in [0.29, 0.717) is 0 Å². The summed E-state index contributed by atoms with van der Waals surface area (Å²) in [5.74, 6) is -10.2. The second-order valence-corrected chi connectivity index (χ2v) is 3.10. The molecule has 1 aromatic carbocycles. The Morgan fingerprint density at radius 2 is 1.25 bits per heavy atom.